The molecule has 5 N–H and O–H groups in total. The first-order valence-corrected chi connectivity index (χ1v) is 13.2. The molecule has 0 amide bonds. The molecule has 0 saturated carbocycles. The van der Waals surface area contributed by atoms with E-state index in [4.69, 9.17) is 10.5 Å². The summed E-state index contributed by atoms with van der Waals surface area (Å²) in [4.78, 5) is 20.5. The Labute approximate surface area is 232 Å². The van der Waals surface area contributed by atoms with Crippen molar-refractivity contribution in [3.63, 3.8) is 0 Å². The molecule has 5 rings (SSSR count). The molecule has 0 spiro atoms. The maximum absolute atomic E-state index is 14.0. The van der Waals surface area contributed by atoms with Crippen molar-refractivity contribution in [1.82, 2.24) is 19.5 Å². The monoisotopic (exact) mass is 564 g/mol. The van der Waals surface area contributed by atoms with Gasteiger partial charge in [0, 0.05) is 34.1 Å². The van der Waals surface area contributed by atoms with Crippen molar-refractivity contribution in [3.05, 3.63) is 89.5 Å². The number of para-hydroxylation sites is 1. The number of ether oxygens (including phenoxy) is 1. The number of nitrogens with zero attached hydrogens (tertiary/aromatic N) is 2. The van der Waals surface area contributed by atoms with Crippen LogP contribution in [0.2, 0.25) is 0 Å². The number of nitrogens with one attached hydrogen (secondary N) is 3. The van der Waals surface area contributed by atoms with Crippen LogP contribution in [0.1, 0.15) is 35.0 Å². The normalized spacial score (nSPS) is 11.1. The van der Waals surface area contributed by atoms with Crippen molar-refractivity contribution < 1.29 is 23.4 Å². The number of benzene rings is 3. The van der Waals surface area contributed by atoms with Gasteiger partial charge in [0.15, 0.2) is 17.3 Å². The van der Waals surface area contributed by atoms with E-state index in [1.54, 1.807) is 48.5 Å². The van der Waals surface area contributed by atoms with Crippen molar-refractivity contribution in [2.75, 3.05) is 17.0 Å². The zero-order valence-electron chi connectivity index (χ0n) is 21.6. The Morgan fingerprint density at radius 3 is 2.73 bits per heavy atom. The predicted molar refractivity (Wildman–Crippen MR) is 152 cm³/mol. The number of carbonyl (C=O) groups excluding carboxylic acids is 1. The van der Waals surface area contributed by atoms with E-state index in [-0.39, 0.29) is 34.4 Å². The SMILES string of the molecule is CCCNSNc1cc2[nH]c(C(=O)c3cnn(-c4ccc(Oc5ccccc5F)cc4C)c3N)cc2cc1OF. The van der Waals surface area contributed by atoms with Gasteiger partial charge in [0.25, 0.3) is 0 Å². The lowest BCUT2D eigenvalue weighted by Gasteiger charge is -2.12. The van der Waals surface area contributed by atoms with Crippen LogP contribution in [-0.2, 0) is 0 Å². The van der Waals surface area contributed by atoms with Gasteiger partial charge in [-0.3, -0.25) is 9.74 Å². The number of fused-ring (bicyclic) bond motifs is 1. The molecule has 0 radical (unpaired) electrons. The first kappa shape index (κ1) is 27.0. The highest BCUT2D eigenvalue weighted by Gasteiger charge is 2.21. The van der Waals surface area contributed by atoms with E-state index in [1.807, 2.05) is 13.8 Å². The fourth-order valence-corrected chi connectivity index (χ4v) is 4.77. The summed E-state index contributed by atoms with van der Waals surface area (Å²) in [6, 6.07) is 16.0. The average Bonchev–Trinajstić information content (AvgIpc) is 3.54. The summed E-state index contributed by atoms with van der Waals surface area (Å²) in [5, 5.41) is 4.92. The Morgan fingerprint density at radius 1 is 1.15 bits per heavy atom. The number of anilines is 2. The molecule has 0 unspecified atom stereocenters. The Kier molecular flexibility index (Phi) is 7.89. The van der Waals surface area contributed by atoms with Gasteiger partial charge in [-0.2, -0.15) is 5.10 Å². The smallest absolute Gasteiger partial charge is 0.214 e. The van der Waals surface area contributed by atoms with Gasteiger partial charge in [0.2, 0.25) is 5.78 Å². The lowest BCUT2D eigenvalue weighted by Crippen LogP contribution is -2.08. The zero-order chi connectivity index (χ0) is 28.2. The topological polar surface area (TPSA) is 119 Å². The standard InChI is InChI=1S/C28H26F2N6O3S/c1-3-10-33-40-35-22-14-21-17(13-26(22)39-30)12-23(34-21)27(37)19-15-32-36(28(19)31)24-9-8-18(11-16(24)2)38-25-7-5-4-6-20(25)29/h4-9,11-15,33-35H,3,10,31H2,1-2H3. The van der Waals surface area contributed by atoms with Crippen molar-refractivity contribution >= 4 is 40.3 Å². The van der Waals surface area contributed by atoms with Gasteiger partial charge < -0.3 is 20.2 Å². The third-order valence-corrected chi connectivity index (χ3v) is 6.82. The Balaban J connectivity index is 1.38. The molecule has 40 heavy (non-hydrogen) atoms. The van der Waals surface area contributed by atoms with Gasteiger partial charge in [-0.15, -0.1) is 0 Å². The van der Waals surface area contributed by atoms with E-state index in [1.165, 1.54) is 35.1 Å². The highest BCUT2D eigenvalue weighted by molar-refractivity contribution is 7.98. The first-order valence-electron chi connectivity index (χ1n) is 12.4. The van der Waals surface area contributed by atoms with Crippen molar-refractivity contribution in [2.45, 2.75) is 20.3 Å². The van der Waals surface area contributed by atoms with Gasteiger partial charge >= 0.3 is 0 Å². The summed E-state index contributed by atoms with van der Waals surface area (Å²) in [6.45, 7) is 4.63. The summed E-state index contributed by atoms with van der Waals surface area (Å²) >= 11 is 1.20. The number of hydrogen-bond donors (Lipinski definition) is 4. The molecule has 0 fully saturated rings. The summed E-state index contributed by atoms with van der Waals surface area (Å²) in [5.74, 6) is -0.168. The number of hydrogen-bond acceptors (Lipinski definition) is 8. The number of aryl methyl sites for hydroxylation is 1. The number of ketones is 1. The Bertz CT molecular complexity index is 1690. The first-order chi connectivity index (χ1) is 19.4. The fraction of sp³-hybridized carbons (Fsp3) is 0.143. The molecule has 0 aliphatic carbocycles. The quantitative estimate of drug-likeness (QED) is 0.0800. The molecule has 9 nitrogen and oxygen atoms in total. The minimum Gasteiger partial charge on any atom is -0.454 e. The second kappa shape index (κ2) is 11.7. The van der Waals surface area contributed by atoms with Crippen LogP contribution in [0.3, 0.4) is 0 Å². The van der Waals surface area contributed by atoms with E-state index in [9.17, 15) is 13.7 Å². The van der Waals surface area contributed by atoms with Crippen LogP contribution < -0.4 is 24.9 Å². The third-order valence-electron chi connectivity index (χ3n) is 6.15. The molecule has 2 aromatic heterocycles. The Hall–Kier alpha value is -4.55. The number of aromatic amines is 1. The number of H-pyrrole nitrogens is 1. The molecule has 5 aromatic rings. The summed E-state index contributed by atoms with van der Waals surface area (Å²) in [5.41, 5.74) is 9.19. The third kappa shape index (κ3) is 5.44. The molecule has 0 atom stereocenters. The van der Waals surface area contributed by atoms with Crippen LogP contribution in [-0.4, -0.2) is 27.1 Å². The number of aromatic nitrogens is 3. The van der Waals surface area contributed by atoms with Crippen LogP contribution in [0.4, 0.5) is 20.4 Å². The van der Waals surface area contributed by atoms with Gasteiger partial charge in [0.05, 0.1) is 28.8 Å². The second-order valence-corrected chi connectivity index (χ2v) is 9.66. The molecule has 12 heteroatoms. The van der Waals surface area contributed by atoms with Gasteiger partial charge in [-0.05, 0) is 67.4 Å². The number of nitrogen functional groups attached to an aromatic ring is 1. The van der Waals surface area contributed by atoms with Crippen LogP contribution in [0.15, 0.2) is 66.9 Å². The van der Waals surface area contributed by atoms with Crippen LogP contribution in [0.5, 0.6) is 17.2 Å². The number of halogens is 2. The minimum atomic E-state index is -0.468. The highest BCUT2D eigenvalue weighted by atomic mass is 32.2. The molecule has 2 heterocycles. The summed E-state index contributed by atoms with van der Waals surface area (Å²) < 4.78 is 40.4. The Morgan fingerprint density at radius 2 is 1.98 bits per heavy atom. The van der Waals surface area contributed by atoms with E-state index < -0.39 is 5.82 Å². The molecule has 0 bridgehead atoms. The maximum atomic E-state index is 14.0. The lowest BCUT2D eigenvalue weighted by molar-refractivity contribution is -0.00504. The minimum absolute atomic E-state index is 0.0125. The molecule has 0 aliphatic rings. The average molecular weight is 565 g/mol. The molecular formula is C28H26F2N6O3S. The van der Waals surface area contributed by atoms with Crippen LogP contribution >= 0.6 is 12.1 Å². The largest absolute Gasteiger partial charge is 0.454 e. The van der Waals surface area contributed by atoms with E-state index in [0.29, 0.717) is 28.0 Å². The molecule has 0 saturated heterocycles. The number of rotatable bonds is 11. The van der Waals surface area contributed by atoms with Crippen molar-refractivity contribution in [3.8, 4) is 22.9 Å². The molecular weight excluding hydrogens is 538 g/mol. The van der Waals surface area contributed by atoms with Crippen molar-refractivity contribution in [1.29, 1.82) is 0 Å². The van der Waals surface area contributed by atoms with E-state index >= 15 is 0 Å². The summed E-state index contributed by atoms with van der Waals surface area (Å²) in [7, 11) is 0. The maximum Gasteiger partial charge on any atom is 0.214 e. The summed E-state index contributed by atoms with van der Waals surface area (Å²) in [6.07, 6.45) is 2.34. The lowest BCUT2D eigenvalue weighted by atomic mass is 10.1. The molecule has 206 valence electrons. The van der Waals surface area contributed by atoms with E-state index in [2.05, 4.69) is 24.5 Å². The predicted octanol–water partition coefficient (Wildman–Crippen LogP) is 6.64. The zero-order valence-corrected chi connectivity index (χ0v) is 22.4. The van der Waals surface area contributed by atoms with Gasteiger partial charge in [0.1, 0.15) is 11.6 Å². The fourth-order valence-electron chi connectivity index (χ4n) is 4.12. The highest BCUT2D eigenvalue weighted by Crippen LogP contribution is 2.34. The van der Waals surface area contributed by atoms with Gasteiger partial charge in [-0.1, -0.05) is 19.1 Å². The number of carbonyl (C=O) groups is 1. The molecule has 0 aliphatic heterocycles. The van der Waals surface area contributed by atoms with E-state index in [0.717, 1.165) is 18.5 Å². The molecule has 3 aromatic carbocycles. The second-order valence-electron chi connectivity index (χ2n) is 8.96. The van der Waals surface area contributed by atoms with Crippen LogP contribution in [0.25, 0.3) is 16.6 Å². The van der Waals surface area contributed by atoms with Crippen molar-refractivity contribution in [2.24, 2.45) is 0 Å². The number of nitrogens with two attached hydrogens (primary N) is 1. The van der Waals surface area contributed by atoms with Gasteiger partial charge in [-0.25, -0.2) is 13.8 Å². The van der Waals surface area contributed by atoms with Crippen LogP contribution in [0, 0.1) is 12.7 Å².